The van der Waals surface area contributed by atoms with Gasteiger partial charge in [-0.05, 0) is 102 Å². The lowest BCUT2D eigenvalue weighted by Crippen LogP contribution is -2.61. The molecule has 0 heterocycles. The van der Waals surface area contributed by atoms with E-state index in [1.807, 2.05) is 0 Å². The van der Waals surface area contributed by atoms with E-state index >= 15 is 0 Å². The van der Waals surface area contributed by atoms with Gasteiger partial charge in [0.2, 0.25) is 0 Å². The van der Waals surface area contributed by atoms with Crippen molar-refractivity contribution in [3.8, 4) is 17.2 Å². The molecule has 0 saturated heterocycles. The van der Waals surface area contributed by atoms with Gasteiger partial charge in [-0.15, -0.1) is 0 Å². The summed E-state index contributed by atoms with van der Waals surface area (Å²) >= 11 is 0. The summed E-state index contributed by atoms with van der Waals surface area (Å²) in [5.41, 5.74) is -0.707. The van der Waals surface area contributed by atoms with Crippen molar-refractivity contribution < 1.29 is 190 Å². The highest BCUT2D eigenvalue weighted by atomic mass is 32.3. The molecule has 0 aliphatic rings. The molecule has 0 aliphatic carbocycles. The Bertz CT molecular complexity index is 4700. The largest absolute Gasteiger partial charge is 0.450 e. The summed E-state index contributed by atoms with van der Waals surface area (Å²) in [6.45, 7) is 11.9. The number of hydrogen-bond donors (Lipinski definition) is 4. The summed E-state index contributed by atoms with van der Waals surface area (Å²) in [6.07, 6.45) is 0.910. The highest BCUT2D eigenvalue weighted by Gasteiger charge is 2.85. The lowest BCUT2D eigenvalue weighted by atomic mass is 9.97. The van der Waals surface area contributed by atoms with Crippen molar-refractivity contribution in [3.63, 3.8) is 0 Å². The van der Waals surface area contributed by atoms with Crippen LogP contribution in [0.5, 0.6) is 17.2 Å². The Morgan fingerprint density at radius 2 is 0.723 bits per heavy atom. The van der Waals surface area contributed by atoms with Crippen LogP contribution in [0.15, 0.2) is 126 Å². The van der Waals surface area contributed by atoms with Crippen molar-refractivity contribution >= 4 is 116 Å². The number of alkyl halides is 18. The van der Waals surface area contributed by atoms with Gasteiger partial charge >= 0.3 is 110 Å². The minimum atomic E-state index is -7.21. The first-order valence-corrected chi connectivity index (χ1v) is 36.2. The second kappa shape index (κ2) is 30.0. The molecule has 101 heavy (non-hydrogen) atoms. The van der Waals surface area contributed by atoms with Crippen molar-refractivity contribution in [2.45, 2.75) is 87.3 Å². The molecule has 0 fully saturated rings. The van der Waals surface area contributed by atoms with Crippen LogP contribution in [0.2, 0.25) is 0 Å². The maximum Gasteiger partial charge on any atom is 0.450 e. The quantitative estimate of drug-likeness (QED) is 0.00909. The number of ketones is 5. The fourth-order valence-corrected chi connectivity index (χ4v) is 12.4. The Morgan fingerprint density at radius 1 is 0.406 bits per heavy atom. The molecule has 0 atom stereocenters. The molecule has 0 saturated carbocycles. The topological polar surface area (TPSA) is 416 Å². The van der Waals surface area contributed by atoms with E-state index in [0.717, 1.165) is 54.6 Å². The van der Waals surface area contributed by atoms with E-state index in [0.29, 0.717) is 30.3 Å². The van der Waals surface area contributed by atoms with Crippen LogP contribution < -0.4 is 12.5 Å². The number of aliphatic hydroxyl groups excluding tert-OH is 1. The number of carbonyl (C=O) groups excluding carboxylic acids is 6. The van der Waals surface area contributed by atoms with Gasteiger partial charge < -0.3 is 17.7 Å². The van der Waals surface area contributed by atoms with Gasteiger partial charge in [-0.2, -0.15) is 140 Å². The van der Waals surface area contributed by atoms with E-state index in [1.54, 1.807) is 0 Å². The monoisotopic (exact) mass is 1620 g/mol. The van der Waals surface area contributed by atoms with E-state index in [4.69, 9.17) is 18.8 Å². The summed E-state index contributed by atoms with van der Waals surface area (Å²) in [7, 11) is -44.9. The number of hydrogen-bond acceptors (Lipinski definition) is 22. The lowest BCUT2D eigenvalue weighted by molar-refractivity contribution is -0.247. The van der Waals surface area contributed by atoms with Crippen molar-refractivity contribution in [3.05, 3.63) is 133 Å². The van der Waals surface area contributed by atoms with E-state index in [9.17, 15) is 158 Å². The normalized spacial score (nSPS) is 13.8. The Balaban J connectivity index is 0.000000517. The van der Waals surface area contributed by atoms with Crippen molar-refractivity contribution in [2.75, 3.05) is 19.1 Å². The third-order valence-electron chi connectivity index (χ3n) is 12.5. The predicted molar refractivity (Wildman–Crippen MR) is 311 cm³/mol. The Hall–Kier alpha value is -7.59. The second-order valence-corrected chi connectivity index (χ2v) is 32.9. The maximum atomic E-state index is 14.1. The van der Waals surface area contributed by atoms with Gasteiger partial charge in [0, 0.05) is 22.1 Å². The predicted octanol–water partition coefficient (Wildman–Crippen LogP) is 9.36. The molecule has 566 valence electrons. The van der Waals surface area contributed by atoms with Crippen LogP contribution in [0.25, 0.3) is 10.8 Å². The van der Waals surface area contributed by atoms with E-state index < -0.39 is 203 Å². The molecule has 0 aromatic heterocycles. The molecule has 0 aliphatic heterocycles. The second-order valence-electron chi connectivity index (χ2n) is 20.2. The zero-order valence-electron chi connectivity index (χ0n) is 50.1. The molecule has 0 bridgehead atoms. The molecule has 4 N–H and O–H groups in total. The minimum absolute atomic E-state index is 0.0456. The first-order chi connectivity index (χ1) is 44.8. The van der Waals surface area contributed by atoms with Crippen LogP contribution >= 0.6 is 10.0 Å². The number of Topliss-reactive ketones (excluding diaryl/α,β-unsaturated/α-hetero) is 5. The highest BCUT2D eigenvalue weighted by Crippen LogP contribution is 2.55. The number of carbonyl (C=O) groups is 6. The number of benzene rings is 4. The number of allylic oxidation sites excluding steroid dienone is 2. The number of fused-ring (bicyclic) bond motifs is 1. The Kier molecular flexibility index (Phi) is 26.6. The molecular formula is C51H44F18O25S7. The number of aliphatic hydroxyl groups is 1. The summed E-state index contributed by atoms with van der Waals surface area (Å²) in [4.78, 5) is 72.0. The Morgan fingerprint density at radius 3 is 1.07 bits per heavy atom. The molecular weight excluding hydrogens is 1580 g/mol. The first-order valence-electron chi connectivity index (χ1n) is 25.2. The molecule has 0 spiro atoms. The van der Waals surface area contributed by atoms with E-state index in [2.05, 4.69) is 32.3 Å². The van der Waals surface area contributed by atoms with Gasteiger partial charge in [0.1, 0.15) is 11.5 Å². The molecule has 0 radical (unpaired) electrons. The first kappa shape index (κ1) is 89.5. The SMILES string of the molecule is C=C(C)C(=O)CC(=O)S(C)(C)c1ccc(OS(=O)(=O)C(F)(F)C(F)(F)C(F)(F)S(=O)(=O)O)cc1.C=C(C)C(=O)CC(=O)c1ccc(OS(=O)(=O)C(F)(F)C(F)(F)C(F)(F)S(=O)(=O)O)cc1.C=C(CO)C(=O)CC(=O)c1cccc2c(OS(=O)(=O)C(F)(F)C(F)(F)C(F)(F)S(=O)(=O)O)cccc12. The average molecular weight is 1620 g/mol. The zero-order valence-corrected chi connectivity index (χ0v) is 55.8. The number of rotatable bonds is 31. The zero-order chi connectivity index (χ0) is 79.7. The van der Waals surface area contributed by atoms with Crippen molar-refractivity contribution in [2.24, 2.45) is 0 Å². The smallest absolute Gasteiger partial charge is 0.392 e. The van der Waals surface area contributed by atoms with Gasteiger partial charge in [-0.25, -0.2) is 0 Å². The van der Waals surface area contributed by atoms with E-state index in [-0.39, 0.29) is 38.1 Å². The fraction of sp³-hybridized carbons (Fsp3) is 0.333. The van der Waals surface area contributed by atoms with Crippen LogP contribution in [-0.4, -0.2) is 172 Å². The third kappa shape index (κ3) is 17.9. The van der Waals surface area contributed by atoms with Crippen molar-refractivity contribution in [1.82, 2.24) is 0 Å². The van der Waals surface area contributed by atoms with Gasteiger partial charge in [0.25, 0.3) is 0 Å². The fourth-order valence-electron chi connectivity index (χ4n) is 6.57. The molecule has 0 amide bonds. The van der Waals surface area contributed by atoms with Crippen LogP contribution in [-0.2, 0) is 79.9 Å². The average Bonchev–Trinajstić information content (AvgIpc) is 0.734. The molecule has 50 heteroatoms. The standard InChI is InChI=1S/C19H14F6O9S2.C17H18F6O8S3.C15H12F6O8S2/c1-10(9-26)14(27)8-15(28)12-5-2-6-13-11(12)4-3-7-16(13)34-36(32,33)19(24,25)17(20,21)18(22,23)35(29,30)31;1-10(2)13(24)9-14(25)32(3,4)12-7-5-11(6-8-12)31-34(29,30)17(22,23)15(18,19)16(20,21)33(26,27)28;1-8(2)11(22)7-12(23)9-3-5-10(6-4-9)29-31(27,28)15(20,21)13(16,17)14(18,19)30(24,25)26/h2-7,26H,1,8-9H2,(H,29,30,31);5-8H,1,9H2,2-4H3,(H,26,27,28);3-6H,1,7H2,2H3,(H,24,25,26). The van der Waals surface area contributed by atoms with Gasteiger partial charge in [-0.1, -0.05) is 50.1 Å². The van der Waals surface area contributed by atoms with Crippen LogP contribution in [0, 0.1) is 0 Å². The molecule has 4 aromatic rings. The number of halogens is 18. The molecule has 0 unspecified atom stereocenters. The van der Waals surface area contributed by atoms with Crippen LogP contribution in [0.4, 0.5) is 79.0 Å². The molecule has 4 aromatic carbocycles. The van der Waals surface area contributed by atoms with Crippen LogP contribution in [0.3, 0.4) is 0 Å². The van der Waals surface area contributed by atoms with Gasteiger partial charge in [0.05, 0.1) is 25.9 Å². The van der Waals surface area contributed by atoms with E-state index in [1.165, 1.54) is 26.4 Å². The summed E-state index contributed by atoms with van der Waals surface area (Å²) in [5, 5.41) is -33.6. The molecule has 4 rings (SSSR count). The lowest BCUT2D eigenvalue weighted by Gasteiger charge is -2.30. The minimum Gasteiger partial charge on any atom is -0.392 e. The third-order valence-corrected chi connectivity index (χ3v) is 21.9. The van der Waals surface area contributed by atoms with Gasteiger partial charge in [0.15, 0.2) is 39.8 Å². The van der Waals surface area contributed by atoms with Gasteiger partial charge in [-0.3, -0.25) is 42.4 Å². The summed E-state index contributed by atoms with van der Waals surface area (Å²) < 4.78 is 413. The van der Waals surface area contributed by atoms with Crippen molar-refractivity contribution in [1.29, 1.82) is 0 Å². The Labute approximate surface area is 558 Å². The highest BCUT2D eigenvalue weighted by molar-refractivity contribution is 8.44. The summed E-state index contributed by atoms with van der Waals surface area (Å²) in [5.74, 6) is -28.6. The summed E-state index contributed by atoms with van der Waals surface area (Å²) in [6, 6.07) is 11.6. The maximum absolute atomic E-state index is 14.1. The molecule has 25 nitrogen and oxygen atoms in total. The van der Waals surface area contributed by atoms with Crippen LogP contribution in [0.1, 0.15) is 53.8 Å².